The number of hydrogen-bond donors (Lipinski definition) is 1. The molecule has 1 atom stereocenters. The summed E-state index contributed by atoms with van der Waals surface area (Å²) >= 11 is 4.22. The number of aliphatic carboxylic acids is 1. The molecule has 0 fully saturated rings. The van der Waals surface area contributed by atoms with Crippen LogP contribution in [0.4, 0.5) is 0 Å². The summed E-state index contributed by atoms with van der Waals surface area (Å²) in [5, 5.41) is 8.36. The quantitative estimate of drug-likeness (QED) is 0.558. The average Bonchev–Trinajstić information content (AvgIpc) is 2.67. The van der Waals surface area contributed by atoms with Gasteiger partial charge in [-0.3, -0.25) is 9.59 Å². The fourth-order valence-corrected chi connectivity index (χ4v) is 3.65. The van der Waals surface area contributed by atoms with E-state index in [1.165, 1.54) is 0 Å². The molecule has 0 bridgehead atoms. The van der Waals surface area contributed by atoms with Crippen molar-refractivity contribution in [3.63, 3.8) is 0 Å². The maximum atomic E-state index is 12.3. The molecule has 3 aromatic carbocycles. The highest BCUT2D eigenvalue weighted by Gasteiger charge is 2.24. The van der Waals surface area contributed by atoms with Crippen molar-refractivity contribution in [2.75, 3.05) is 0 Å². The van der Waals surface area contributed by atoms with Gasteiger partial charge in [0.15, 0.2) is 0 Å². The van der Waals surface area contributed by atoms with E-state index in [4.69, 9.17) is 0 Å². The van der Waals surface area contributed by atoms with Crippen molar-refractivity contribution < 1.29 is 14.7 Å². The van der Waals surface area contributed by atoms with E-state index in [1.807, 2.05) is 42.5 Å². The lowest BCUT2D eigenvalue weighted by Gasteiger charge is -2.12. The monoisotopic (exact) mass is 426 g/mol. The summed E-state index contributed by atoms with van der Waals surface area (Å²) in [6, 6.07) is 23.9. The van der Waals surface area contributed by atoms with Crippen molar-refractivity contribution in [1.82, 2.24) is 0 Å². The third kappa shape index (κ3) is 4.42. The van der Waals surface area contributed by atoms with Gasteiger partial charge in [-0.05, 0) is 28.8 Å². The van der Waals surface area contributed by atoms with Crippen LogP contribution in [0.2, 0.25) is 0 Å². The molecule has 0 heterocycles. The van der Waals surface area contributed by atoms with Gasteiger partial charge >= 0.3 is 5.97 Å². The lowest BCUT2D eigenvalue weighted by atomic mass is 10.0. The Hall–Kier alpha value is -2.37. The maximum Gasteiger partial charge on any atom is 0.321 e. The van der Waals surface area contributed by atoms with E-state index in [0.717, 1.165) is 27.4 Å². The second-order valence-electron chi connectivity index (χ2n) is 5.62. The molecule has 0 spiro atoms. The van der Waals surface area contributed by atoms with E-state index in [-0.39, 0.29) is 5.12 Å². The van der Waals surface area contributed by atoms with Crippen LogP contribution in [-0.4, -0.2) is 16.2 Å². The predicted molar refractivity (Wildman–Crippen MR) is 108 cm³/mol. The number of carboxylic acid groups (broad SMARTS) is 1. The summed E-state index contributed by atoms with van der Waals surface area (Å²) in [6.45, 7) is 0. The van der Waals surface area contributed by atoms with E-state index in [9.17, 15) is 14.7 Å². The van der Waals surface area contributed by atoms with Gasteiger partial charge < -0.3 is 5.11 Å². The predicted octanol–water partition coefficient (Wildman–Crippen LogP) is 5.82. The Bertz CT molecular complexity index is 906. The van der Waals surface area contributed by atoms with Crippen LogP contribution in [0.25, 0.3) is 11.1 Å². The molecule has 0 aliphatic heterocycles. The summed E-state index contributed by atoms with van der Waals surface area (Å²) in [5.41, 5.74) is 3.12. The fourth-order valence-electron chi connectivity index (χ4n) is 2.50. The third-order valence-corrected chi connectivity index (χ3v) is 5.54. The summed E-state index contributed by atoms with van der Waals surface area (Å²) in [7, 11) is 0. The second-order valence-corrected chi connectivity index (χ2v) is 7.61. The van der Waals surface area contributed by atoms with E-state index >= 15 is 0 Å². The maximum absolute atomic E-state index is 12.3. The zero-order valence-electron chi connectivity index (χ0n) is 13.6. The molecule has 5 heteroatoms. The molecule has 0 aromatic heterocycles. The van der Waals surface area contributed by atoms with Crippen LogP contribution in [0.15, 0.2) is 83.3 Å². The number of carbonyl (C=O) groups excluding carboxylic acids is 1. The van der Waals surface area contributed by atoms with E-state index in [2.05, 4.69) is 15.9 Å². The lowest BCUT2D eigenvalue weighted by molar-refractivity contribution is -0.136. The first-order chi connectivity index (χ1) is 12.5. The Morgan fingerprint density at radius 3 is 1.88 bits per heavy atom. The molecule has 0 radical (unpaired) electrons. The molecule has 26 heavy (non-hydrogen) atoms. The molecule has 0 aliphatic carbocycles. The molecule has 3 rings (SSSR count). The Morgan fingerprint density at radius 1 is 0.808 bits per heavy atom. The summed E-state index contributed by atoms with van der Waals surface area (Å²) < 4.78 is 1.000. The Kier molecular flexibility index (Phi) is 5.91. The number of thioether (sulfide) groups is 1. The molecule has 0 saturated heterocycles. The Morgan fingerprint density at radius 2 is 1.35 bits per heavy atom. The van der Waals surface area contributed by atoms with Gasteiger partial charge in [-0.25, -0.2) is 0 Å². The normalized spacial score (nSPS) is 11.7. The molecule has 3 aromatic rings. The van der Waals surface area contributed by atoms with Gasteiger partial charge in [0.1, 0.15) is 5.25 Å². The average molecular weight is 427 g/mol. The minimum absolute atomic E-state index is 0.255. The van der Waals surface area contributed by atoms with Gasteiger partial charge in [-0.2, -0.15) is 0 Å². The first-order valence-electron chi connectivity index (χ1n) is 7.89. The largest absolute Gasteiger partial charge is 0.480 e. The molecule has 3 nitrogen and oxygen atoms in total. The van der Waals surface area contributed by atoms with Gasteiger partial charge in [0.05, 0.1) is 0 Å². The van der Waals surface area contributed by atoms with E-state index in [0.29, 0.717) is 11.1 Å². The van der Waals surface area contributed by atoms with Crippen molar-refractivity contribution in [3.8, 4) is 11.1 Å². The lowest BCUT2D eigenvalue weighted by Crippen LogP contribution is -2.11. The van der Waals surface area contributed by atoms with Crippen LogP contribution in [-0.2, 0) is 4.79 Å². The van der Waals surface area contributed by atoms with Crippen molar-refractivity contribution in [2.45, 2.75) is 5.25 Å². The Balaban J connectivity index is 1.81. The number of carboxylic acids is 1. The Labute approximate surface area is 164 Å². The highest BCUT2D eigenvalue weighted by molar-refractivity contribution is 9.10. The zero-order chi connectivity index (χ0) is 18.5. The topological polar surface area (TPSA) is 54.4 Å². The van der Waals surface area contributed by atoms with Crippen molar-refractivity contribution >= 4 is 38.8 Å². The number of hydrogen-bond acceptors (Lipinski definition) is 3. The van der Waals surface area contributed by atoms with Gasteiger partial charge in [0.2, 0.25) is 5.12 Å². The molecule has 0 aliphatic rings. The second kappa shape index (κ2) is 8.34. The van der Waals surface area contributed by atoms with Crippen molar-refractivity contribution in [1.29, 1.82) is 0 Å². The molecular weight excluding hydrogens is 412 g/mol. The first-order valence-corrected chi connectivity index (χ1v) is 9.56. The first kappa shape index (κ1) is 18.4. The molecule has 1 N–H and O–H groups in total. The standard InChI is InChI=1S/C21H15BrO3S/c22-18-12-10-15(11-13-18)14-6-8-16(9-7-14)19(20(23)24)26-21(25)17-4-2-1-3-5-17/h1-13,19H,(H,23,24). The summed E-state index contributed by atoms with van der Waals surface area (Å²) in [6.07, 6.45) is 0. The highest BCUT2D eigenvalue weighted by Crippen LogP contribution is 2.33. The zero-order valence-corrected chi connectivity index (χ0v) is 16.0. The molecule has 0 saturated carbocycles. The highest BCUT2D eigenvalue weighted by atomic mass is 79.9. The SMILES string of the molecule is O=C(SC(C(=O)O)c1ccc(-c2ccc(Br)cc2)cc1)c1ccccc1. The minimum Gasteiger partial charge on any atom is -0.480 e. The van der Waals surface area contributed by atoms with Crippen LogP contribution in [0.5, 0.6) is 0 Å². The fraction of sp³-hybridized carbons (Fsp3) is 0.0476. The number of rotatable bonds is 5. The van der Waals surface area contributed by atoms with E-state index in [1.54, 1.807) is 36.4 Å². The van der Waals surface area contributed by atoms with Gasteiger partial charge in [0.25, 0.3) is 0 Å². The van der Waals surface area contributed by atoms with Crippen LogP contribution >= 0.6 is 27.7 Å². The number of benzene rings is 3. The molecule has 130 valence electrons. The van der Waals surface area contributed by atoms with Crippen LogP contribution in [0.1, 0.15) is 21.2 Å². The molecule has 1 unspecified atom stereocenters. The van der Waals surface area contributed by atoms with Crippen molar-refractivity contribution in [2.24, 2.45) is 0 Å². The van der Waals surface area contributed by atoms with E-state index < -0.39 is 11.2 Å². The summed E-state index contributed by atoms with van der Waals surface area (Å²) in [4.78, 5) is 24.0. The number of halogens is 1. The molecule has 0 amide bonds. The van der Waals surface area contributed by atoms with Crippen LogP contribution in [0, 0.1) is 0 Å². The number of carbonyl (C=O) groups is 2. The smallest absolute Gasteiger partial charge is 0.321 e. The van der Waals surface area contributed by atoms with Crippen LogP contribution in [0.3, 0.4) is 0 Å². The summed E-state index contributed by atoms with van der Waals surface area (Å²) in [5.74, 6) is -1.03. The van der Waals surface area contributed by atoms with Crippen molar-refractivity contribution in [3.05, 3.63) is 94.5 Å². The van der Waals surface area contributed by atoms with Gasteiger partial charge in [0, 0.05) is 10.0 Å². The third-order valence-electron chi connectivity index (χ3n) is 3.85. The van der Waals surface area contributed by atoms with Crippen LogP contribution < -0.4 is 0 Å². The minimum atomic E-state index is -1.03. The van der Waals surface area contributed by atoms with Gasteiger partial charge in [-0.15, -0.1) is 0 Å². The van der Waals surface area contributed by atoms with Gasteiger partial charge in [-0.1, -0.05) is 94.4 Å². The molecular formula is C21H15BrO3S.